The Morgan fingerprint density at radius 3 is 2.82 bits per heavy atom. The number of hydrogen-bond donors (Lipinski definition) is 2. The number of aliphatic hydroxyl groups is 2. The number of carbonyl (C=O) groups is 1. The summed E-state index contributed by atoms with van der Waals surface area (Å²) >= 11 is 0. The number of piperidine rings is 1. The van der Waals surface area contributed by atoms with E-state index in [1.807, 2.05) is 0 Å². The predicted octanol–water partition coefficient (Wildman–Crippen LogP) is 1.19. The highest BCUT2D eigenvalue weighted by atomic mass is 16.5. The van der Waals surface area contributed by atoms with Crippen LogP contribution in [0.3, 0.4) is 0 Å². The Hall–Kier alpha value is -0.690. The van der Waals surface area contributed by atoms with Gasteiger partial charge in [-0.1, -0.05) is 13.8 Å². The molecule has 11 atom stereocenters. The van der Waals surface area contributed by atoms with E-state index in [0.29, 0.717) is 12.8 Å². The van der Waals surface area contributed by atoms with Gasteiger partial charge in [-0.3, -0.25) is 9.69 Å². The fourth-order valence-electron chi connectivity index (χ4n) is 9.64. The van der Waals surface area contributed by atoms with E-state index < -0.39 is 17.6 Å². The molecule has 4 saturated carbocycles. The molecule has 3 heterocycles. The Morgan fingerprint density at radius 2 is 2.11 bits per heavy atom. The minimum Gasteiger partial charge on any atom is -0.462 e. The molecule has 0 aromatic carbocycles. The second-order valence-electron chi connectivity index (χ2n) is 10.8. The molecular formula is C22H33NO5. The fraction of sp³-hybridized carbons (Fsp3) is 0.955. The van der Waals surface area contributed by atoms with Crippen molar-refractivity contribution in [3.63, 3.8) is 0 Å². The number of rotatable bonds is 2. The molecule has 6 nitrogen and oxygen atoms in total. The summed E-state index contributed by atoms with van der Waals surface area (Å²) in [6.07, 6.45) is 3.38. The number of hydrogen-bond acceptors (Lipinski definition) is 6. The van der Waals surface area contributed by atoms with Gasteiger partial charge in [-0.05, 0) is 50.0 Å². The fourth-order valence-corrected chi connectivity index (χ4v) is 9.64. The number of methoxy groups -OCH3 is 1. The molecule has 0 aromatic heterocycles. The molecule has 7 fully saturated rings. The molecule has 0 radical (unpaired) electrons. The van der Waals surface area contributed by atoms with Crippen LogP contribution in [0.25, 0.3) is 0 Å². The van der Waals surface area contributed by atoms with Crippen molar-refractivity contribution >= 4 is 5.97 Å². The van der Waals surface area contributed by atoms with E-state index in [4.69, 9.17) is 9.47 Å². The van der Waals surface area contributed by atoms with Crippen molar-refractivity contribution in [1.29, 1.82) is 0 Å². The maximum atomic E-state index is 13.1. The lowest BCUT2D eigenvalue weighted by atomic mass is 9.42. The van der Waals surface area contributed by atoms with Gasteiger partial charge in [0.05, 0.1) is 23.7 Å². The number of likely N-dealkylation sites (tertiary alicyclic amines) is 1. The van der Waals surface area contributed by atoms with Crippen molar-refractivity contribution in [2.45, 2.75) is 75.9 Å². The van der Waals surface area contributed by atoms with Gasteiger partial charge >= 0.3 is 5.97 Å². The molecule has 0 amide bonds. The zero-order chi connectivity index (χ0) is 19.6. The maximum absolute atomic E-state index is 13.1. The lowest BCUT2D eigenvalue weighted by molar-refractivity contribution is -0.269. The monoisotopic (exact) mass is 391 g/mol. The van der Waals surface area contributed by atoms with Gasteiger partial charge in [0, 0.05) is 36.9 Å². The number of carbonyl (C=O) groups excluding carboxylic acids is 1. The first-order valence-electron chi connectivity index (χ1n) is 11.2. The summed E-state index contributed by atoms with van der Waals surface area (Å²) in [5.74, 6) is -0.969. The van der Waals surface area contributed by atoms with E-state index in [1.54, 1.807) is 7.11 Å². The minimum absolute atomic E-state index is 0.0123. The Bertz CT molecular complexity index is 730. The van der Waals surface area contributed by atoms with E-state index in [-0.39, 0.29) is 52.8 Å². The first kappa shape index (κ1) is 18.1. The molecule has 3 aliphatic heterocycles. The summed E-state index contributed by atoms with van der Waals surface area (Å²) in [5.41, 5.74) is -1.46. The molecule has 28 heavy (non-hydrogen) atoms. The molecule has 156 valence electrons. The third-order valence-corrected chi connectivity index (χ3v) is 10.1. The summed E-state index contributed by atoms with van der Waals surface area (Å²) in [6, 6.07) is 0.0757. The van der Waals surface area contributed by atoms with Crippen molar-refractivity contribution in [2.75, 3.05) is 20.2 Å². The van der Waals surface area contributed by atoms with Crippen LogP contribution < -0.4 is 0 Å². The van der Waals surface area contributed by atoms with E-state index in [1.165, 1.54) is 0 Å². The van der Waals surface area contributed by atoms with E-state index >= 15 is 0 Å². The zero-order valence-corrected chi connectivity index (χ0v) is 17.1. The van der Waals surface area contributed by atoms with Crippen LogP contribution in [-0.4, -0.2) is 71.2 Å². The summed E-state index contributed by atoms with van der Waals surface area (Å²) in [4.78, 5) is 15.6. The van der Waals surface area contributed by atoms with Crippen LogP contribution in [0, 0.1) is 34.5 Å². The van der Waals surface area contributed by atoms with Gasteiger partial charge in [-0.25, -0.2) is 0 Å². The Morgan fingerprint density at radius 1 is 1.32 bits per heavy atom. The van der Waals surface area contributed by atoms with Gasteiger partial charge in [-0.2, -0.15) is 0 Å². The van der Waals surface area contributed by atoms with Crippen molar-refractivity contribution in [2.24, 2.45) is 34.5 Å². The van der Waals surface area contributed by atoms with Crippen LogP contribution in [0.5, 0.6) is 0 Å². The third-order valence-electron chi connectivity index (χ3n) is 10.1. The van der Waals surface area contributed by atoms with Crippen LogP contribution in [0.1, 0.15) is 46.0 Å². The van der Waals surface area contributed by atoms with Crippen molar-refractivity contribution in [3.05, 3.63) is 0 Å². The van der Waals surface area contributed by atoms with Crippen molar-refractivity contribution in [3.8, 4) is 0 Å². The van der Waals surface area contributed by atoms with Gasteiger partial charge in [0.1, 0.15) is 6.10 Å². The van der Waals surface area contributed by atoms with Crippen LogP contribution >= 0.6 is 0 Å². The Labute approximate surface area is 166 Å². The van der Waals surface area contributed by atoms with Crippen LogP contribution in [0.15, 0.2) is 0 Å². The molecule has 6 heteroatoms. The smallest absolute Gasteiger partial charge is 0.312 e. The molecule has 4 aliphatic carbocycles. The lowest BCUT2D eigenvalue weighted by Gasteiger charge is -2.69. The predicted molar refractivity (Wildman–Crippen MR) is 100 cm³/mol. The van der Waals surface area contributed by atoms with Crippen LogP contribution in [0.4, 0.5) is 0 Å². The quantitative estimate of drug-likeness (QED) is 0.689. The molecule has 0 unspecified atom stereocenters. The standard InChI is InChI=1S/C22H33NO5/c1-4-23-10-20(2)7-6-13(27-3)22-12-9-11-5-8-21(26,14(12)19(25)28-11)15(18(22)23)16(24)17(20)22/h11-18,24,26H,4-10H2,1-3H3/t11-,12-,13-,14+,15-,16+,17-,18+,20-,21+,22-/m0/s1. The summed E-state index contributed by atoms with van der Waals surface area (Å²) in [5, 5.41) is 23.9. The molecule has 7 rings (SSSR count). The van der Waals surface area contributed by atoms with Gasteiger partial charge in [0.15, 0.2) is 0 Å². The molecule has 9 bridgehead atoms. The Kier molecular flexibility index (Phi) is 3.44. The molecule has 0 aromatic rings. The van der Waals surface area contributed by atoms with E-state index in [0.717, 1.165) is 32.4 Å². The van der Waals surface area contributed by atoms with Gasteiger partial charge in [0.2, 0.25) is 0 Å². The summed E-state index contributed by atoms with van der Waals surface area (Å²) < 4.78 is 11.9. The lowest BCUT2D eigenvalue weighted by Crippen LogP contribution is -2.76. The third kappa shape index (κ3) is 1.68. The van der Waals surface area contributed by atoms with Gasteiger partial charge in [-0.15, -0.1) is 0 Å². The van der Waals surface area contributed by atoms with Crippen molar-refractivity contribution in [1.82, 2.24) is 4.90 Å². The number of esters is 1. The normalized spacial score (nSPS) is 61.8. The maximum Gasteiger partial charge on any atom is 0.312 e. The first-order valence-corrected chi connectivity index (χ1v) is 11.2. The highest BCUT2D eigenvalue weighted by molar-refractivity contribution is 5.77. The topological polar surface area (TPSA) is 79.2 Å². The highest BCUT2D eigenvalue weighted by Gasteiger charge is 2.84. The number of fused-ring (bicyclic) bond motifs is 2. The average molecular weight is 392 g/mol. The SMILES string of the molecule is CCN1C[C@]2(C)CC[C@H](OC)[C@@]34[C@H]5C[C@@H]6CC[C@](O)([C@@H]([C@@H](O)[C@@H]23)[C@@H]14)[C@H]5C(=O)O6. The highest BCUT2D eigenvalue weighted by Crippen LogP contribution is 2.77. The number of ether oxygens (including phenoxy) is 2. The summed E-state index contributed by atoms with van der Waals surface area (Å²) in [6.45, 7) is 6.38. The summed E-state index contributed by atoms with van der Waals surface area (Å²) in [7, 11) is 1.79. The van der Waals surface area contributed by atoms with Gasteiger partial charge < -0.3 is 19.7 Å². The van der Waals surface area contributed by atoms with E-state index in [9.17, 15) is 15.0 Å². The molecule has 7 aliphatic rings. The molecule has 2 N–H and O–H groups in total. The molecule has 1 spiro atoms. The van der Waals surface area contributed by atoms with Crippen molar-refractivity contribution < 1.29 is 24.5 Å². The second kappa shape index (κ2) is 5.32. The number of nitrogens with zero attached hydrogens (tertiary/aromatic N) is 1. The van der Waals surface area contributed by atoms with Crippen LogP contribution in [-0.2, 0) is 14.3 Å². The van der Waals surface area contributed by atoms with E-state index in [2.05, 4.69) is 18.7 Å². The first-order chi connectivity index (χ1) is 13.3. The second-order valence-corrected chi connectivity index (χ2v) is 10.8. The zero-order valence-electron chi connectivity index (χ0n) is 17.1. The molecule has 3 saturated heterocycles. The number of aliphatic hydroxyl groups excluding tert-OH is 1. The van der Waals surface area contributed by atoms with Crippen LogP contribution in [0.2, 0.25) is 0 Å². The molecular weight excluding hydrogens is 358 g/mol. The van der Waals surface area contributed by atoms with Gasteiger partial charge in [0.25, 0.3) is 0 Å². The largest absolute Gasteiger partial charge is 0.462 e. The Balaban J connectivity index is 1.66. The average Bonchev–Trinajstić information content (AvgIpc) is 2.73. The minimum atomic E-state index is -1.17.